The molecule has 2 aromatic carbocycles. The van der Waals surface area contributed by atoms with Crippen molar-refractivity contribution in [3.05, 3.63) is 65.2 Å². The molecule has 4 rings (SSSR count). The summed E-state index contributed by atoms with van der Waals surface area (Å²) in [6.07, 6.45) is 8.50. The van der Waals surface area contributed by atoms with Crippen LogP contribution in [-0.2, 0) is 22.7 Å². The van der Waals surface area contributed by atoms with Crippen LogP contribution in [0.3, 0.4) is 0 Å². The Bertz CT molecular complexity index is 1110. The van der Waals surface area contributed by atoms with Crippen molar-refractivity contribution >= 4 is 23.4 Å². The number of carbonyl (C=O) groups excluding carboxylic acids is 3. The molecule has 0 spiro atoms. The maximum absolute atomic E-state index is 13.9. The number of fused-ring (bicyclic) bond motifs is 1. The molecule has 0 bridgehead atoms. The van der Waals surface area contributed by atoms with Crippen molar-refractivity contribution in [3.63, 3.8) is 0 Å². The largest absolute Gasteiger partial charge is 0.338 e. The summed E-state index contributed by atoms with van der Waals surface area (Å²) >= 11 is 0. The third kappa shape index (κ3) is 7.46. The predicted molar refractivity (Wildman–Crippen MR) is 152 cm³/mol. The topological polar surface area (TPSA) is 60.9 Å². The number of amides is 3. The van der Waals surface area contributed by atoms with E-state index in [4.69, 9.17) is 0 Å². The van der Waals surface area contributed by atoms with Gasteiger partial charge in [0, 0.05) is 56.8 Å². The van der Waals surface area contributed by atoms with E-state index in [1.807, 2.05) is 57.2 Å². The molecular weight excluding hydrogens is 474 g/mol. The number of rotatable bonds is 5. The molecule has 2 aliphatic rings. The highest BCUT2D eigenvalue weighted by molar-refractivity contribution is 5.96. The van der Waals surface area contributed by atoms with Crippen molar-refractivity contribution in [1.82, 2.24) is 9.80 Å². The second-order valence-corrected chi connectivity index (χ2v) is 11.2. The Morgan fingerprint density at radius 2 is 1.58 bits per heavy atom. The van der Waals surface area contributed by atoms with Crippen LogP contribution in [0.1, 0.15) is 93.1 Å². The SMILES string of the molecule is CC(C)CC(=O)N1CCCCCCCCN(C(=O)c2cccc(CN3CCCC3=O)c2)Cc2ccccc21. The summed E-state index contributed by atoms with van der Waals surface area (Å²) in [4.78, 5) is 45.1. The van der Waals surface area contributed by atoms with Crippen LogP contribution in [0.2, 0.25) is 0 Å². The maximum Gasteiger partial charge on any atom is 0.254 e. The molecule has 0 radical (unpaired) electrons. The number of hydrogen-bond donors (Lipinski definition) is 0. The number of hydrogen-bond acceptors (Lipinski definition) is 3. The van der Waals surface area contributed by atoms with Gasteiger partial charge in [-0.15, -0.1) is 0 Å². The fourth-order valence-electron chi connectivity index (χ4n) is 5.56. The second-order valence-electron chi connectivity index (χ2n) is 11.2. The molecule has 6 heteroatoms. The Kier molecular flexibility index (Phi) is 9.97. The van der Waals surface area contributed by atoms with Crippen LogP contribution < -0.4 is 4.90 Å². The molecule has 0 aliphatic carbocycles. The highest BCUT2D eigenvalue weighted by atomic mass is 16.2. The fourth-order valence-corrected chi connectivity index (χ4v) is 5.56. The zero-order valence-corrected chi connectivity index (χ0v) is 23.2. The van der Waals surface area contributed by atoms with E-state index in [9.17, 15) is 14.4 Å². The van der Waals surface area contributed by atoms with Crippen molar-refractivity contribution in [2.75, 3.05) is 24.5 Å². The number of benzene rings is 2. The van der Waals surface area contributed by atoms with E-state index < -0.39 is 0 Å². The van der Waals surface area contributed by atoms with Crippen molar-refractivity contribution in [2.24, 2.45) is 5.92 Å². The van der Waals surface area contributed by atoms with Crippen LogP contribution in [0, 0.1) is 5.92 Å². The van der Waals surface area contributed by atoms with E-state index >= 15 is 0 Å². The lowest BCUT2D eigenvalue weighted by atomic mass is 10.1. The average Bonchev–Trinajstić information content (AvgIpc) is 3.31. The molecule has 6 nitrogen and oxygen atoms in total. The van der Waals surface area contributed by atoms with Crippen LogP contribution in [0.15, 0.2) is 48.5 Å². The first-order valence-electron chi connectivity index (χ1n) is 14.5. The number of carbonyl (C=O) groups is 3. The van der Waals surface area contributed by atoms with Crippen molar-refractivity contribution in [1.29, 1.82) is 0 Å². The van der Waals surface area contributed by atoms with Crippen LogP contribution in [0.5, 0.6) is 0 Å². The van der Waals surface area contributed by atoms with Gasteiger partial charge in [0.2, 0.25) is 11.8 Å². The molecule has 38 heavy (non-hydrogen) atoms. The number of anilines is 1. The molecule has 0 saturated carbocycles. The molecule has 1 saturated heterocycles. The van der Waals surface area contributed by atoms with E-state index in [1.54, 1.807) is 0 Å². The normalized spacial score (nSPS) is 17.6. The molecule has 2 aromatic rings. The first-order valence-corrected chi connectivity index (χ1v) is 14.5. The Labute approximate surface area is 228 Å². The molecular formula is C32H43N3O3. The van der Waals surface area contributed by atoms with Crippen LogP contribution in [-0.4, -0.2) is 47.2 Å². The van der Waals surface area contributed by atoms with Gasteiger partial charge in [-0.1, -0.05) is 69.9 Å². The molecule has 2 aliphatic heterocycles. The van der Waals surface area contributed by atoms with Crippen LogP contribution in [0.25, 0.3) is 0 Å². The van der Waals surface area contributed by atoms with E-state index in [0.717, 1.165) is 68.3 Å². The summed E-state index contributed by atoms with van der Waals surface area (Å²) < 4.78 is 0. The number of likely N-dealkylation sites (tertiary alicyclic amines) is 1. The van der Waals surface area contributed by atoms with Gasteiger partial charge in [0.05, 0.1) is 0 Å². The minimum atomic E-state index is 0.00401. The lowest BCUT2D eigenvalue weighted by Crippen LogP contribution is -2.35. The third-order valence-corrected chi connectivity index (χ3v) is 7.59. The van der Waals surface area contributed by atoms with Crippen molar-refractivity contribution in [3.8, 4) is 0 Å². The number of nitrogens with zero attached hydrogens (tertiary/aromatic N) is 3. The van der Waals surface area contributed by atoms with Gasteiger partial charge in [-0.05, 0) is 54.5 Å². The van der Waals surface area contributed by atoms with E-state index in [2.05, 4.69) is 19.9 Å². The Hall–Kier alpha value is -3.15. The summed E-state index contributed by atoms with van der Waals surface area (Å²) in [6, 6.07) is 15.8. The van der Waals surface area contributed by atoms with Gasteiger partial charge in [0.15, 0.2) is 0 Å². The van der Waals surface area contributed by atoms with Gasteiger partial charge in [-0.25, -0.2) is 0 Å². The molecule has 2 heterocycles. The summed E-state index contributed by atoms with van der Waals surface area (Å²) in [5.41, 5.74) is 3.58. The Balaban J connectivity index is 1.60. The zero-order valence-electron chi connectivity index (χ0n) is 23.2. The second kappa shape index (κ2) is 13.6. The van der Waals surface area contributed by atoms with Gasteiger partial charge < -0.3 is 14.7 Å². The summed E-state index contributed by atoms with van der Waals surface area (Å²) in [5.74, 6) is 0.642. The first-order chi connectivity index (χ1) is 18.4. The van der Waals surface area contributed by atoms with Gasteiger partial charge >= 0.3 is 0 Å². The standard InChI is InChI=1S/C32H43N3O3/c1-25(2)21-31(37)35-20-10-6-4-3-5-9-18-34(24-28-14-7-8-16-29(28)35)32(38)27-15-11-13-26(22-27)23-33-19-12-17-30(33)36/h7-8,11,13-16,22,25H,3-6,9-10,12,17-21,23-24H2,1-2H3. The minimum absolute atomic E-state index is 0.00401. The molecule has 3 amide bonds. The lowest BCUT2D eigenvalue weighted by molar-refractivity contribution is -0.128. The van der Waals surface area contributed by atoms with Gasteiger partial charge in [0.1, 0.15) is 0 Å². The van der Waals surface area contributed by atoms with Crippen molar-refractivity contribution < 1.29 is 14.4 Å². The molecule has 0 aromatic heterocycles. The summed E-state index contributed by atoms with van der Waals surface area (Å²) in [7, 11) is 0. The van der Waals surface area contributed by atoms with Crippen LogP contribution >= 0.6 is 0 Å². The van der Waals surface area contributed by atoms with Crippen LogP contribution in [0.4, 0.5) is 5.69 Å². The molecule has 1 fully saturated rings. The Morgan fingerprint density at radius 3 is 2.32 bits per heavy atom. The molecule has 0 unspecified atom stereocenters. The summed E-state index contributed by atoms with van der Waals surface area (Å²) in [6.45, 7) is 7.37. The average molecular weight is 518 g/mol. The Morgan fingerprint density at radius 1 is 0.842 bits per heavy atom. The quantitative estimate of drug-likeness (QED) is 0.475. The first kappa shape index (κ1) is 27.9. The van der Waals surface area contributed by atoms with Crippen molar-refractivity contribution in [2.45, 2.75) is 84.7 Å². The maximum atomic E-state index is 13.9. The van der Waals surface area contributed by atoms with Gasteiger partial charge in [-0.2, -0.15) is 0 Å². The van der Waals surface area contributed by atoms with E-state index in [0.29, 0.717) is 50.5 Å². The monoisotopic (exact) mass is 517 g/mol. The molecule has 204 valence electrons. The number of para-hydroxylation sites is 1. The highest BCUT2D eigenvalue weighted by Crippen LogP contribution is 2.26. The van der Waals surface area contributed by atoms with E-state index in [1.165, 1.54) is 0 Å². The highest BCUT2D eigenvalue weighted by Gasteiger charge is 2.24. The lowest BCUT2D eigenvalue weighted by Gasteiger charge is -2.29. The molecule has 0 atom stereocenters. The van der Waals surface area contributed by atoms with E-state index in [-0.39, 0.29) is 17.7 Å². The fraction of sp³-hybridized carbons (Fsp3) is 0.531. The smallest absolute Gasteiger partial charge is 0.254 e. The van der Waals surface area contributed by atoms with Gasteiger partial charge in [-0.3, -0.25) is 14.4 Å². The zero-order chi connectivity index (χ0) is 26.9. The summed E-state index contributed by atoms with van der Waals surface area (Å²) in [5, 5.41) is 0. The molecule has 0 N–H and O–H groups in total. The predicted octanol–water partition coefficient (Wildman–Crippen LogP) is 6.18. The van der Waals surface area contributed by atoms with Gasteiger partial charge in [0.25, 0.3) is 5.91 Å². The third-order valence-electron chi connectivity index (χ3n) is 7.59. The minimum Gasteiger partial charge on any atom is -0.338 e.